The van der Waals surface area contributed by atoms with Crippen LogP contribution in [0.4, 0.5) is 0 Å². The van der Waals surface area contributed by atoms with Crippen LogP contribution in [0.25, 0.3) is 0 Å². The molecule has 3 N–H and O–H groups in total. The van der Waals surface area contributed by atoms with Crippen molar-refractivity contribution in [3.05, 3.63) is 47.6 Å². The average Bonchev–Trinajstić information content (AvgIpc) is 3.06. The van der Waals surface area contributed by atoms with Crippen LogP contribution in [0.15, 0.2) is 47.6 Å². The number of aliphatic hydroxyl groups is 3. The molecular formula is C29H46O3. The van der Waals surface area contributed by atoms with Gasteiger partial charge in [0.25, 0.3) is 0 Å². The zero-order valence-corrected chi connectivity index (χ0v) is 20.8. The van der Waals surface area contributed by atoms with Crippen molar-refractivity contribution in [2.45, 2.75) is 110 Å². The summed E-state index contributed by atoms with van der Waals surface area (Å²) in [5.41, 5.74) is 3.12. The van der Waals surface area contributed by atoms with Crippen LogP contribution >= 0.6 is 0 Å². The van der Waals surface area contributed by atoms with Crippen LogP contribution in [0.3, 0.4) is 0 Å². The van der Waals surface area contributed by atoms with E-state index in [1.165, 1.54) is 25.7 Å². The number of unbranched alkanes of at least 4 members (excludes halogenated alkanes) is 1. The quantitative estimate of drug-likeness (QED) is 0.322. The lowest BCUT2D eigenvalue weighted by molar-refractivity contribution is 0.0691. The average molecular weight is 443 g/mol. The fourth-order valence-corrected chi connectivity index (χ4v) is 6.71. The largest absolute Gasteiger partial charge is 0.393 e. The van der Waals surface area contributed by atoms with Crippen LogP contribution in [0.5, 0.6) is 0 Å². The standard InChI is InChI=1S/C29H46O3/c1-20(10-7-6-8-16-28(3,4)32)25-14-15-26-22(11-9-17-29(25,26)5)12-13-23-18-24(30)19-27(31)21(23)2/h7,10,12-13,20,24-27,30-32H,2,6,8-9,11,14-19H2,1,3-5H3/b10-7+,22-12-,23-13-/t20-,24-,25-,26+,27+,29-/m1/s1. The van der Waals surface area contributed by atoms with Crippen molar-refractivity contribution in [2.75, 3.05) is 0 Å². The Balaban J connectivity index is 1.66. The molecule has 3 rings (SSSR count). The van der Waals surface area contributed by atoms with Crippen LogP contribution in [-0.2, 0) is 0 Å². The van der Waals surface area contributed by atoms with Crippen molar-refractivity contribution in [2.24, 2.45) is 23.2 Å². The van der Waals surface area contributed by atoms with Crippen LogP contribution in [-0.4, -0.2) is 33.1 Å². The lowest BCUT2D eigenvalue weighted by Crippen LogP contribution is -2.35. The van der Waals surface area contributed by atoms with E-state index in [-0.39, 0.29) is 0 Å². The summed E-state index contributed by atoms with van der Waals surface area (Å²) in [7, 11) is 0. The molecule has 0 heterocycles. The second-order valence-corrected chi connectivity index (χ2v) is 11.7. The van der Waals surface area contributed by atoms with Crippen molar-refractivity contribution in [3.8, 4) is 0 Å². The molecule has 3 heteroatoms. The maximum atomic E-state index is 10.1. The van der Waals surface area contributed by atoms with E-state index in [2.05, 4.69) is 44.7 Å². The maximum absolute atomic E-state index is 10.1. The fraction of sp³-hybridized carbons (Fsp3) is 0.724. The Labute approximate surface area is 196 Å². The van der Waals surface area contributed by atoms with E-state index >= 15 is 0 Å². The Kier molecular flexibility index (Phi) is 8.28. The van der Waals surface area contributed by atoms with Gasteiger partial charge in [-0.05, 0) is 106 Å². The third-order valence-electron chi connectivity index (χ3n) is 8.54. The van der Waals surface area contributed by atoms with E-state index in [4.69, 9.17) is 0 Å². The number of hydrogen-bond acceptors (Lipinski definition) is 3. The highest BCUT2D eigenvalue weighted by atomic mass is 16.3. The summed E-state index contributed by atoms with van der Waals surface area (Å²) in [4.78, 5) is 0. The smallest absolute Gasteiger partial charge is 0.0811 e. The summed E-state index contributed by atoms with van der Waals surface area (Å²) in [5, 5.41) is 30.1. The highest BCUT2D eigenvalue weighted by Gasteiger charge is 2.50. The van der Waals surface area contributed by atoms with Gasteiger partial charge in [0.2, 0.25) is 0 Å². The van der Waals surface area contributed by atoms with Gasteiger partial charge in [0.15, 0.2) is 0 Å². The Bertz CT molecular complexity index is 753. The molecule has 0 radical (unpaired) electrons. The van der Waals surface area contributed by atoms with Gasteiger partial charge in [0.1, 0.15) is 0 Å². The molecule has 0 saturated heterocycles. The number of aliphatic hydroxyl groups excluding tert-OH is 2. The van der Waals surface area contributed by atoms with E-state index in [9.17, 15) is 15.3 Å². The molecule has 0 amide bonds. The first-order chi connectivity index (χ1) is 15.0. The SMILES string of the molecule is C=C1/C(=C\C=C2\CCC[C@]3(C)[C@@H]([C@H](C)/C=C/CCCC(C)(C)O)CC[C@@H]23)C[C@@H](O)C[C@@H]1O. The molecule has 3 fully saturated rings. The molecule has 0 aromatic rings. The van der Waals surface area contributed by atoms with E-state index < -0.39 is 17.8 Å². The first-order valence-electron chi connectivity index (χ1n) is 12.8. The van der Waals surface area contributed by atoms with Gasteiger partial charge in [-0.15, -0.1) is 0 Å². The van der Waals surface area contributed by atoms with Gasteiger partial charge in [-0.1, -0.05) is 50.3 Å². The van der Waals surface area contributed by atoms with E-state index in [1.807, 2.05) is 13.8 Å². The van der Waals surface area contributed by atoms with Gasteiger partial charge in [0, 0.05) is 6.42 Å². The Morgan fingerprint density at radius 2 is 1.97 bits per heavy atom. The highest BCUT2D eigenvalue weighted by Crippen LogP contribution is 2.59. The highest BCUT2D eigenvalue weighted by molar-refractivity contribution is 5.38. The van der Waals surface area contributed by atoms with Crippen molar-refractivity contribution in [3.63, 3.8) is 0 Å². The first-order valence-corrected chi connectivity index (χ1v) is 12.8. The summed E-state index contributed by atoms with van der Waals surface area (Å²) in [6.45, 7) is 12.7. The Morgan fingerprint density at radius 1 is 1.22 bits per heavy atom. The lowest BCUT2D eigenvalue weighted by atomic mass is 9.61. The minimum Gasteiger partial charge on any atom is -0.393 e. The van der Waals surface area contributed by atoms with E-state index in [0.717, 1.165) is 36.8 Å². The Morgan fingerprint density at radius 3 is 2.69 bits per heavy atom. The molecule has 180 valence electrons. The third kappa shape index (κ3) is 6.04. The Hall–Kier alpha value is -1.16. The predicted octanol–water partition coefficient (Wildman–Crippen LogP) is 6.26. The zero-order valence-electron chi connectivity index (χ0n) is 20.8. The van der Waals surface area contributed by atoms with Crippen LogP contribution in [0, 0.1) is 23.2 Å². The molecule has 0 bridgehead atoms. The number of hydrogen-bond donors (Lipinski definition) is 3. The fourth-order valence-electron chi connectivity index (χ4n) is 6.71. The molecule has 0 unspecified atom stereocenters. The molecule has 3 aliphatic rings. The van der Waals surface area contributed by atoms with Gasteiger partial charge < -0.3 is 15.3 Å². The summed E-state index contributed by atoms with van der Waals surface area (Å²) < 4.78 is 0. The van der Waals surface area contributed by atoms with Crippen molar-refractivity contribution in [1.82, 2.24) is 0 Å². The zero-order chi connectivity index (χ0) is 23.5. The van der Waals surface area contributed by atoms with Gasteiger partial charge in [-0.25, -0.2) is 0 Å². The lowest BCUT2D eigenvalue weighted by Gasteiger charge is -2.44. The number of allylic oxidation sites excluding steroid dienone is 5. The van der Waals surface area contributed by atoms with Gasteiger partial charge in [-0.2, -0.15) is 0 Å². The summed E-state index contributed by atoms with van der Waals surface area (Å²) in [5.74, 6) is 1.92. The van der Waals surface area contributed by atoms with Crippen molar-refractivity contribution < 1.29 is 15.3 Å². The number of fused-ring (bicyclic) bond motifs is 1. The predicted molar refractivity (Wildman–Crippen MR) is 133 cm³/mol. The van der Waals surface area contributed by atoms with E-state index in [1.54, 1.807) is 5.57 Å². The topological polar surface area (TPSA) is 60.7 Å². The minimum atomic E-state index is -0.619. The second-order valence-electron chi connectivity index (χ2n) is 11.7. The second kappa shape index (κ2) is 10.4. The molecule has 3 nitrogen and oxygen atoms in total. The van der Waals surface area contributed by atoms with Gasteiger partial charge >= 0.3 is 0 Å². The molecule has 6 atom stereocenters. The summed E-state index contributed by atoms with van der Waals surface area (Å²) >= 11 is 0. The molecule has 3 saturated carbocycles. The molecule has 32 heavy (non-hydrogen) atoms. The molecular weight excluding hydrogens is 396 g/mol. The van der Waals surface area contributed by atoms with Crippen LogP contribution in [0.2, 0.25) is 0 Å². The normalized spacial score (nSPS) is 37.4. The van der Waals surface area contributed by atoms with Crippen molar-refractivity contribution >= 4 is 0 Å². The molecule has 0 aromatic heterocycles. The minimum absolute atomic E-state index is 0.349. The van der Waals surface area contributed by atoms with Gasteiger partial charge in [-0.3, -0.25) is 0 Å². The summed E-state index contributed by atoms with van der Waals surface area (Å²) in [6.07, 6.45) is 18.3. The number of rotatable bonds is 7. The van der Waals surface area contributed by atoms with Crippen molar-refractivity contribution in [1.29, 1.82) is 0 Å². The molecule has 0 spiro atoms. The monoisotopic (exact) mass is 442 g/mol. The van der Waals surface area contributed by atoms with Crippen LogP contribution < -0.4 is 0 Å². The van der Waals surface area contributed by atoms with E-state index in [0.29, 0.717) is 36.0 Å². The van der Waals surface area contributed by atoms with Crippen LogP contribution in [0.1, 0.15) is 91.9 Å². The summed E-state index contributed by atoms with van der Waals surface area (Å²) in [6, 6.07) is 0. The van der Waals surface area contributed by atoms with Gasteiger partial charge in [0.05, 0.1) is 17.8 Å². The maximum Gasteiger partial charge on any atom is 0.0811 e. The first kappa shape index (κ1) is 25.5. The molecule has 0 aromatic carbocycles. The molecule has 0 aliphatic heterocycles. The third-order valence-corrected chi connectivity index (χ3v) is 8.54. The molecule has 3 aliphatic carbocycles.